The summed E-state index contributed by atoms with van der Waals surface area (Å²) in [4.78, 5) is 8.74. The number of hydrogen-bond donors (Lipinski definition) is 2. The minimum atomic E-state index is -2.41. The summed E-state index contributed by atoms with van der Waals surface area (Å²) >= 11 is -2.41. The van der Waals surface area contributed by atoms with Crippen LogP contribution in [-0.4, -0.2) is 35.3 Å². The summed E-state index contributed by atoms with van der Waals surface area (Å²) in [5, 5.41) is 9.92. The molecule has 1 atom stereocenters. The molecule has 1 aromatic carbocycles. The monoisotopic (exact) mass is 472 g/mol. The van der Waals surface area contributed by atoms with E-state index in [2.05, 4.69) is 20.4 Å². The van der Waals surface area contributed by atoms with E-state index in [-0.39, 0.29) is 22.9 Å². The molecule has 2 aliphatic carbocycles. The molecule has 3 aromatic rings. The highest BCUT2D eigenvalue weighted by atomic mass is 32.2. The van der Waals surface area contributed by atoms with Crippen LogP contribution in [0.5, 0.6) is 0 Å². The number of rotatable bonds is 4. The SMILES string of the molecule is O=S(O)c1ccc(Nc2ncc3cc4n(c3n2)C2(CCCCC2)C(F)=NN4C2CC2)cc1F. The van der Waals surface area contributed by atoms with Crippen molar-refractivity contribution in [2.75, 3.05) is 10.3 Å². The molecule has 2 aromatic heterocycles. The van der Waals surface area contributed by atoms with E-state index in [0.717, 1.165) is 49.4 Å². The zero-order chi connectivity index (χ0) is 22.7. The summed E-state index contributed by atoms with van der Waals surface area (Å²) in [6.45, 7) is 0. The number of benzene rings is 1. The van der Waals surface area contributed by atoms with Gasteiger partial charge in [-0.3, -0.25) is 4.57 Å². The zero-order valence-corrected chi connectivity index (χ0v) is 18.5. The fourth-order valence-corrected chi connectivity index (χ4v) is 5.37. The first-order chi connectivity index (χ1) is 16.0. The molecule has 6 rings (SSSR count). The second-order valence-corrected chi connectivity index (χ2v) is 9.83. The fourth-order valence-electron chi connectivity index (χ4n) is 4.96. The number of hydrazone groups is 1. The quantitative estimate of drug-likeness (QED) is 0.529. The van der Waals surface area contributed by atoms with Crippen LogP contribution in [0.2, 0.25) is 0 Å². The summed E-state index contributed by atoms with van der Waals surface area (Å²) in [5.74, 6) is -0.0982. The maximum Gasteiger partial charge on any atom is 0.234 e. The third kappa shape index (κ3) is 3.33. The van der Waals surface area contributed by atoms with Crippen molar-refractivity contribution in [2.45, 2.75) is 61.4 Å². The summed E-state index contributed by atoms with van der Waals surface area (Å²) in [7, 11) is 0. The van der Waals surface area contributed by atoms with E-state index in [9.17, 15) is 8.60 Å². The molecule has 3 aliphatic rings. The van der Waals surface area contributed by atoms with Crippen LogP contribution < -0.4 is 10.3 Å². The van der Waals surface area contributed by atoms with Crippen molar-refractivity contribution >= 4 is 45.5 Å². The van der Waals surface area contributed by atoms with E-state index in [1.54, 1.807) is 11.2 Å². The van der Waals surface area contributed by atoms with Gasteiger partial charge in [-0.15, -0.1) is 5.10 Å². The summed E-state index contributed by atoms with van der Waals surface area (Å²) in [6, 6.07) is 6.01. The highest BCUT2D eigenvalue weighted by Gasteiger charge is 2.48. The van der Waals surface area contributed by atoms with Gasteiger partial charge in [0.25, 0.3) is 0 Å². The number of nitrogens with zero attached hydrogens (tertiary/aromatic N) is 5. The van der Waals surface area contributed by atoms with Crippen molar-refractivity contribution in [1.82, 2.24) is 14.5 Å². The smallest absolute Gasteiger partial charge is 0.234 e. The van der Waals surface area contributed by atoms with E-state index < -0.39 is 22.4 Å². The molecule has 3 heterocycles. The van der Waals surface area contributed by atoms with Crippen molar-refractivity contribution in [3.05, 3.63) is 36.3 Å². The van der Waals surface area contributed by atoms with E-state index in [0.29, 0.717) is 24.2 Å². The molecule has 0 radical (unpaired) electrons. The van der Waals surface area contributed by atoms with Crippen molar-refractivity contribution in [2.24, 2.45) is 5.10 Å². The Hall–Kier alpha value is -2.92. The Kier molecular flexibility index (Phi) is 4.73. The van der Waals surface area contributed by atoms with Gasteiger partial charge in [-0.05, 0) is 49.9 Å². The molecule has 0 amide bonds. The van der Waals surface area contributed by atoms with Gasteiger partial charge < -0.3 is 9.87 Å². The maximum atomic E-state index is 15.6. The van der Waals surface area contributed by atoms with Crippen LogP contribution in [0.3, 0.4) is 0 Å². The Bertz CT molecular complexity index is 1320. The van der Waals surface area contributed by atoms with Crippen LogP contribution in [0.15, 0.2) is 40.5 Å². The molecule has 2 N–H and O–H groups in total. The van der Waals surface area contributed by atoms with Crippen LogP contribution in [0.4, 0.5) is 26.2 Å². The van der Waals surface area contributed by atoms with Crippen molar-refractivity contribution < 1.29 is 17.5 Å². The number of aromatic nitrogens is 3. The van der Waals surface area contributed by atoms with E-state index in [1.807, 2.05) is 10.6 Å². The molecule has 172 valence electrons. The Balaban J connectivity index is 1.45. The van der Waals surface area contributed by atoms with Gasteiger partial charge >= 0.3 is 0 Å². The molecule has 2 saturated carbocycles. The lowest BCUT2D eigenvalue weighted by atomic mass is 9.81. The fraction of sp³-hybridized carbons (Fsp3) is 0.409. The molecule has 33 heavy (non-hydrogen) atoms. The predicted molar refractivity (Wildman–Crippen MR) is 121 cm³/mol. The zero-order valence-electron chi connectivity index (χ0n) is 17.7. The molecule has 1 aliphatic heterocycles. The van der Waals surface area contributed by atoms with E-state index in [4.69, 9.17) is 4.55 Å². The summed E-state index contributed by atoms with van der Waals surface area (Å²) < 4.78 is 52.0. The predicted octanol–water partition coefficient (Wildman–Crippen LogP) is 4.82. The van der Waals surface area contributed by atoms with Crippen molar-refractivity contribution in [1.29, 1.82) is 0 Å². The van der Waals surface area contributed by atoms with Crippen molar-refractivity contribution in [3.63, 3.8) is 0 Å². The number of hydrogen-bond acceptors (Lipinski definition) is 6. The van der Waals surface area contributed by atoms with Crippen LogP contribution in [0.25, 0.3) is 11.0 Å². The minimum absolute atomic E-state index is 0.198. The first-order valence-electron chi connectivity index (χ1n) is 11.1. The van der Waals surface area contributed by atoms with Gasteiger partial charge in [-0.2, -0.15) is 9.37 Å². The molecule has 8 nitrogen and oxygen atoms in total. The summed E-state index contributed by atoms with van der Waals surface area (Å²) in [6.07, 6.45) is 7.85. The number of anilines is 3. The maximum absolute atomic E-state index is 15.6. The molecule has 11 heteroatoms. The standard InChI is InChI=1S/C22H22F2N6O2S/c23-16-11-14(4-7-17(16)33(31)32)26-21-25-12-13-10-18-29(19(13)27-21)22(8-2-1-3-9-22)20(24)28-30(18)15-5-6-15/h4,7,10-12,15H,1-3,5-6,8-9H2,(H,31,32)(H,25,26,27). The lowest BCUT2D eigenvalue weighted by molar-refractivity contribution is 0.262. The molecule has 0 bridgehead atoms. The van der Waals surface area contributed by atoms with E-state index >= 15 is 4.39 Å². The highest BCUT2D eigenvalue weighted by molar-refractivity contribution is 7.79. The van der Waals surface area contributed by atoms with E-state index in [1.165, 1.54) is 12.1 Å². The van der Waals surface area contributed by atoms with Crippen LogP contribution in [0.1, 0.15) is 44.9 Å². The Labute approximate surface area is 191 Å². The first-order valence-corrected chi connectivity index (χ1v) is 12.2. The molecular weight excluding hydrogens is 450 g/mol. The molecule has 0 saturated heterocycles. The van der Waals surface area contributed by atoms with Crippen LogP contribution in [0, 0.1) is 5.82 Å². The van der Waals surface area contributed by atoms with Gasteiger partial charge in [0.05, 0.1) is 6.04 Å². The second-order valence-electron chi connectivity index (χ2n) is 8.89. The first kappa shape index (κ1) is 20.7. The topological polar surface area (TPSA) is 95.6 Å². The Morgan fingerprint density at radius 1 is 1.15 bits per heavy atom. The average Bonchev–Trinajstić information content (AvgIpc) is 3.57. The minimum Gasteiger partial charge on any atom is -0.324 e. The number of nitrogens with one attached hydrogen (secondary N) is 1. The largest absolute Gasteiger partial charge is 0.324 e. The van der Waals surface area contributed by atoms with Gasteiger partial charge in [-0.25, -0.2) is 18.6 Å². The van der Waals surface area contributed by atoms with Gasteiger partial charge in [-0.1, -0.05) is 19.3 Å². The number of halogens is 2. The molecule has 1 unspecified atom stereocenters. The van der Waals surface area contributed by atoms with Crippen LogP contribution in [-0.2, 0) is 16.6 Å². The van der Waals surface area contributed by atoms with Gasteiger partial charge in [0.15, 0.2) is 11.1 Å². The third-order valence-electron chi connectivity index (χ3n) is 6.71. The highest BCUT2D eigenvalue weighted by Crippen LogP contribution is 2.48. The van der Waals surface area contributed by atoms with Crippen LogP contribution >= 0.6 is 0 Å². The molecule has 1 spiro atoms. The van der Waals surface area contributed by atoms with Gasteiger partial charge in [0.1, 0.15) is 27.7 Å². The van der Waals surface area contributed by atoms with Gasteiger partial charge in [0.2, 0.25) is 11.9 Å². The second kappa shape index (κ2) is 7.56. The van der Waals surface area contributed by atoms with Gasteiger partial charge in [0, 0.05) is 17.3 Å². The molecular formula is C22H22F2N6O2S. The number of fused-ring (bicyclic) bond motifs is 4. The van der Waals surface area contributed by atoms with Crippen molar-refractivity contribution in [3.8, 4) is 0 Å². The Morgan fingerprint density at radius 3 is 2.64 bits per heavy atom. The third-order valence-corrected chi connectivity index (χ3v) is 7.42. The normalized spacial score (nSPS) is 20.6. The lowest BCUT2D eigenvalue weighted by Gasteiger charge is -2.42. The average molecular weight is 473 g/mol. The molecule has 2 fully saturated rings. The summed E-state index contributed by atoms with van der Waals surface area (Å²) in [5.41, 5.74) is 0.102. The Morgan fingerprint density at radius 2 is 1.94 bits per heavy atom. The lowest BCUT2D eigenvalue weighted by Crippen LogP contribution is -2.48.